The number of aromatic nitrogens is 4. The van der Waals surface area contributed by atoms with E-state index in [4.69, 9.17) is 26.9 Å². The molecule has 0 saturated carbocycles. The lowest BCUT2D eigenvalue weighted by Crippen LogP contribution is -2.29. The molecule has 1 aliphatic heterocycles. The van der Waals surface area contributed by atoms with Crippen molar-refractivity contribution in [2.45, 2.75) is 18.9 Å². The average molecular weight is 413 g/mol. The quantitative estimate of drug-likeness (QED) is 0.527. The summed E-state index contributed by atoms with van der Waals surface area (Å²) >= 11 is 6.07. The third-order valence-electron chi connectivity index (χ3n) is 5.15. The van der Waals surface area contributed by atoms with Crippen LogP contribution in [0.2, 0.25) is 5.02 Å². The summed E-state index contributed by atoms with van der Waals surface area (Å²) in [4.78, 5) is 8.61. The van der Waals surface area contributed by atoms with Gasteiger partial charge in [0, 0.05) is 24.0 Å². The van der Waals surface area contributed by atoms with E-state index in [-0.39, 0.29) is 16.7 Å². The maximum Gasteiger partial charge on any atom is 0.231 e. The van der Waals surface area contributed by atoms with Gasteiger partial charge in [0.15, 0.2) is 5.58 Å². The van der Waals surface area contributed by atoms with Crippen LogP contribution < -0.4 is 11.1 Å². The van der Waals surface area contributed by atoms with Crippen LogP contribution in [0.25, 0.3) is 33.8 Å². The first-order chi connectivity index (χ1) is 14.1. The second-order valence-electron chi connectivity index (χ2n) is 7.07. The minimum Gasteiger partial charge on any atom is -0.434 e. The topological polar surface area (TPSA) is 94.8 Å². The van der Waals surface area contributed by atoms with Gasteiger partial charge in [-0.05, 0) is 44.1 Å². The maximum atomic E-state index is 13.6. The first-order valence-electron chi connectivity index (χ1n) is 9.36. The number of nitrogens with two attached hydrogens (primary N) is 1. The highest BCUT2D eigenvalue weighted by molar-refractivity contribution is 6.34. The summed E-state index contributed by atoms with van der Waals surface area (Å²) in [6, 6.07) is 6.62. The molecule has 0 unspecified atom stereocenters. The molecule has 4 aromatic rings. The Morgan fingerprint density at radius 3 is 2.90 bits per heavy atom. The number of fused-ring (bicyclic) bond motifs is 1. The van der Waals surface area contributed by atoms with Crippen LogP contribution >= 0.6 is 11.6 Å². The zero-order chi connectivity index (χ0) is 20.0. The second-order valence-corrected chi connectivity index (χ2v) is 7.48. The van der Waals surface area contributed by atoms with E-state index in [2.05, 4.69) is 15.3 Å². The summed E-state index contributed by atoms with van der Waals surface area (Å²) in [5.74, 6) is 0.0116. The van der Waals surface area contributed by atoms with Crippen molar-refractivity contribution in [3.05, 3.63) is 47.5 Å². The fraction of sp³-hybridized carbons (Fsp3) is 0.250. The Kier molecular flexibility index (Phi) is 4.44. The minimum atomic E-state index is -0.481. The Morgan fingerprint density at radius 2 is 2.07 bits per heavy atom. The molecule has 0 atom stereocenters. The van der Waals surface area contributed by atoms with E-state index in [9.17, 15) is 4.39 Å². The second kappa shape index (κ2) is 7.13. The van der Waals surface area contributed by atoms with Crippen LogP contribution in [0.1, 0.15) is 18.9 Å². The normalized spacial score (nSPS) is 15.2. The number of rotatable bonds is 3. The summed E-state index contributed by atoms with van der Waals surface area (Å²) in [6.07, 6.45) is 5.76. The highest BCUT2D eigenvalue weighted by Gasteiger charge is 2.19. The number of hydrogen-bond acceptors (Lipinski definition) is 6. The van der Waals surface area contributed by atoms with Crippen molar-refractivity contribution in [2.75, 3.05) is 18.8 Å². The van der Waals surface area contributed by atoms with Gasteiger partial charge in [-0.2, -0.15) is 5.10 Å². The highest BCUT2D eigenvalue weighted by atomic mass is 35.5. The van der Waals surface area contributed by atoms with Gasteiger partial charge in [-0.15, -0.1) is 0 Å². The Bertz CT molecular complexity index is 1200. The number of nitrogens with one attached hydrogen (secondary N) is 1. The maximum absolute atomic E-state index is 13.6. The van der Waals surface area contributed by atoms with Gasteiger partial charge >= 0.3 is 0 Å². The molecule has 29 heavy (non-hydrogen) atoms. The molecular formula is C20H18ClFN6O. The van der Waals surface area contributed by atoms with Gasteiger partial charge in [-0.25, -0.2) is 14.4 Å². The van der Waals surface area contributed by atoms with Crippen molar-refractivity contribution < 1.29 is 8.81 Å². The Morgan fingerprint density at radius 1 is 1.24 bits per heavy atom. The number of nitrogens with zero attached hydrogens (tertiary/aromatic N) is 4. The number of piperidine rings is 1. The fourth-order valence-corrected chi connectivity index (χ4v) is 3.87. The molecule has 148 valence electrons. The Balaban J connectivity index is 1.52. The van der Waals surface area contributed by atoms with Gasteiger partial charge in [-0.3, -0.25) is 4.68 Å². The van der Waals surface area contributed by atoms with Gasteiger partial charge in [0.05, 0.1) is 22.3 Å². The molecule has 9 heteroatoms. The lowest BCUT2D eigenvalue weighted by atomic mass is 10.1. The van der Waals surface area contributed by atoms with E-state index in [0.717, 1.165) is 37.2 Å². The van der Waals surface area contributed by atoms with Gasteiger partial charge in [0.25, 0.3) is 0 Å². The van der Waals surface area contributed by atoms with Crippen molar-refractivity contribution >= 4 is 28.5 Å². The van der Waals surface area contributed by atoms with Crippen LogP contribution in [0, 0.1) is 5.82 Å². The van der Waals surface area contributed by atoms with Gasteiger partial charge in [-0.1, -0.05) is 11.6 Å². The van der Waals surface area contributed by atoms with Crippen LogP contribution in [0.3, 0.4) is 0 Å². The number of benzene rings is 1. The van der Waals surface area contributed by atoms with Crippen molar-refractivity contribution in [1.82, 2.24) is 25.1 Å². The third-order valence-corrected chi connectivity index (χ3v) is 5.43. The number of hydrogen-bond donors (Lipinski definition) is 2. The molecule has 4 heterocycles. The van der Waals surface area contributed by atoms with E-state index < -0.39 is 5.82 Å². The van der Waals surface area contributed by atoms with Crippen LogP contribution in [-0.4, -0.2) is 32.8 Å². The number of halogens is 2. The Labute approximate surface area is 170 Å². The molecule has 5 rings (SSSR count). The smallest absolute Gasteiger partial charge is 0.231 e. The van der Waals surface area contributed by atoms with Crippen molar-refractivity contribution in [1.29, 1.82) is 0 Å². The van der Waals surface area contributed by atoms with Crippen molar-refractivity contribution in [3.63, 3.8) is 0 Å². The third kappa shape index (κ3) is 3.34. The molecule has 1 aromatic carbocycles. The average Bonchev–Trinajstić information content (AvgIpc) is 3.37. The van der Waals surface area contributed by atoms with Crippen LogP contribution in [0.4, 0.5) is 10.2 Å². The van der Waals surface area contributed by atoms with Crippen LogP contribution in [0.15, 0.2) is 41.1 Å². The lowest BCUT2D eigenvalue weighted by Gasteiger charge is -2.22. The van der Waals surface area contributed by atoms with E-state index in [1.807, 2.05) is 23.0 Å². The lowest BCUT2D eigenvalue weighted by molar-refractivity contribution is 0.343. The molecule has 1 saturated heterocycles. The molecule has 0 amide bonds. The molecule has 0 spiro atoms. The summed E-state index contributed by atoms with van der Waals surface area (Å²) in [5, 5.41) is 8.24. The molecule has 0 aliphatic carbocycles. The molecule has 3 N–H and O–H groups in total. The number of oxazole rings is 1. The monoisotopic (exact) mass is 412 g/mol. The molecule has 0 radical (unpaired) electrons. The van der Waals surface area contributed by atoms with Crippen molar-refractivity contribution in [3.8, 4) is 22.7 Å². The molecule has 7 nitrogen and oxygen atoms in total. The zero-order valence-corrected chi connectivity index (χ0v) is 16.2. The van der Waals surface area contributed by atoms with E-state index in [1.165, 1.54) is 12.1 Å². The largest absolute Gasteiger partial charge is 0.434 e. The number of anilines is 1. The van der Waals surface area contributed by atoms with Gasteiger partial charge in [0.1, 0.15) is 17.2 Å². The molecular weight excluding hydrogens is 395 g/mol. The number of pyridine rings is 1. The molecule has 3 aromatic heterocycles. The van der Waals surface area contributed by atoms with Crippen LogP contribution in [-0.2, 0) is 0 Å². The van der Waals surface area contributed by atoms with E-state index >= 15 is 0 Å². The van der Waals surface area contributed by atoms with E-state index in [1.54, 1.807) is 6.20 Å². The van der Waals surface area contributed by atoms with Gasteiger partial charge in [0.2, 0.25) is 5.89 Å². The summed E-state index contributed by atoms with van der Waals surface area (Å²) in [7, 11) is 0. The first-order valence-corrected chi connectivity index (χ1v) is 9.74. The summed E-state index contributed by atoms with van der Waals surface area (Å²) < 4.78 is 21.4. The van der Waals surface area contributed by atoms with E-state index in [0.29, 0.717) is 22.7 Å². The first kappa shape index (κ1) is 18.1. The Hall–Kier alpha value is -2.97. The summed E-state index contributed by atoms with van der Waals surface area (Å²) in [6.45, 7) is 1.99. The minimum absolute atomic E-state index is 0.155. The highest BCUT2D eigenvalue weighted by Crippen LogP contribution is 2.34. The molecule has 1 aliphatic rings. The van der Waals surface area contributed by atoms with Crippen molar-refractivity contribution in [2.24, 2.45) is 0 Å². The predicted molar refractivity (Wildman–Crippen MR) is 109 cm³/mol. The summed E-state index contributed by atoms with van der Waals surface area (Å²) in [5.41, 5.74) is 8.78. The standard InChI is InChI=1S/C20H18ClFN6O/c21-15-8-12(22)9-17-18(15)29-20(26-17)14-7-11(10-25-19(14)23)16-3-6-28(27-16)13-1-4-24-5-2-13/h3,6-10,13,24H,1-2,4-5H2,(H2,23,25). The van der Waals surface area contributed by atoms with Gasteiger partial charge < -0.3 is 15.5 Å². The SMILES string of the molecule is Nc1ncc(-c2ccn(C3CCNCC3)n2)cc1-c1nc2cc(F)cc(Cl)c2o1. The van der Waals surface area contributed by atoms with Crippen LogP contribution in [0.5, 0.6) is 0 Å². The molecule has 0 bridgehead atoms. The molecule has 1 fully saturated rings. The predicted octanol–water partition coefficient (Wildman–Crippen LogP) is 4.05. The fourth-order valence-electron chi connectivity index (χ4n) is 3.63. The zero-order valence-electron chi connectivity index (χ0n) is 15.4. The number of nitrogen functional groups attached to an aromatic ring is 1.